The van der Waals surface area contributed by atoms with Gasteiger partial charge in [0.05, 0.1) is 5.92 Å². The molecule has 2 aliphatic carbocycles. The molecule has 4 unspecified atom stereocenters. The lowest BCUT2D eigenvalue weighted by molar-refractivity contribution is -0.126. The normalized spacial score (nSPS) is 29.9. The molecule has 0 aromatic rings. The van der Waals surface area contributed by atoms with Crippen LogP contribution in [-0.2, 0) is 4.79 Å². The average molecular weight is 468 g/mol. The van der Waals surface area contributed by atoms with Gasteiger partial charge < -0.3 is 11.1 Å². The first-order chi connectivity index (χ1) is 15.1. The highest BCUT2D eigenvalue weighted by molar-refractivity contribution is 6.29. The van der Waals surface area contributed by atoms with Gasteiger partial charge in [-0.15, -0.1) is 0 Å². The molecule has 0 saturated carbocycles. The number of carbonyl (C=O) groups excluding carboxylic acids is 1. The van der Waals surface area contributed by atoms with Crippen LogP contribution in [-0.4, -0.2) is 48.2 Å². The number of carbonyl (C=O) groups is 1. The molecule has 0 aromatic carbocycles. The summed E-state index contributed by atoms with van der Waals surface area (Å²) in [5.41, 5.74) is 7.36. The van der Waals surface area contributed by atoms with E-state index in [1.807, 2.05) is 12.2 Å². The predicted molar refractivity (Wildman–Crippen MR) is 126 cm³/mol. The SMILES string of the molecule is CC(C)(C)N1CC(C(=O)NCCCC(N)C2=CC=C(Cl)CC2)[C@H](C2C=CC(F)=CC2F)C1. The topological polar surface area (TPSA) is 58.4 Å². The number of alkyl halides is 1. The van der Waals surface area contributed by atoms with Crippen LogP contribution < -0.4 is 11.1 Å². The molecule has 3 aliphatic rings. The Morgan fingerprint density at radius 1 is 1.31 bits per heavy atom. The molecule has 5 atom stereocenters. The Morgan fingerprint density at radius 2 is 2.06 bits per heavy atom. The van der Waals surface area contributed by atoms with Gasteiger partial charge in [0.15, 0.2) is 0 Å². The second kappa shape index (κ2) is 10.6. The molecular formula is C25H36ClF2N3O. The fraction of sp³-hybridized carbons (Fsp3) is 0.640. The quantitative estimate of drug-likeness (QED) is 0.530. The highest BCUT2D eigenvalue weighted by atomic mass is 35.5. The summed E-state index contributed by atoms with van der Waals surface area (Å²) in [6.45, 7) is 8.00. The summed E-state index contributed by atoms with van der Waals surface area (Å²) in [5.74, 6) is -1.64. The van der Waals surface area contributed by atoms with Crippen molar-refractivity contribution in [2.24, 2.45) is 23.5 Å². The predicted octanol–water partition coefficient (Wildman–Crippen LogP) is 4.78. The third-order valence-electron chi connectivity index (χ3n) is 6.91. The summed E-state index contributed by atoms with van der Waals surface area (Å²) in [6, 6.07) is -0.0371. The minimum absolute atomic E-state index is 0.0371. The Hall–Kier alpha value is -1.50. The Morgan fingerprint density at radius 3 is 2.69 bits per heavy atom. The van der Waals surface area contributed by atoms with E-state index in [0.717, 1.165) is 36.8 Å². The first-order valence-corrected chi connectivity index (χ1v) is 12.0. The van der Waals surface area contributed by atoms with Gasteiger partial charge in [0.1, 0.15) is 12.0 Å². The van der Waals surface area contributed by atoms with Gasteiger partial charge in [-0.3, -0.25) is 9.69 Å². The zero-order valence-electron chi connectivity index (χ0n) is 19.3. The highest BCUT2D eigenvalue weighted by Gasteiger charge is 2.46. The maximum atomic E-state index is 14.7. The summed E-state index contributed by atoms with van der Waals surface area (Å²) >= 11 is 6.01. The number of nitrogens with zero attached hydrogens (tertiary/aromatic N) is 1. The summed E-state index contributed by atoms with van der Waals surface area (Å²) in [6.07, 6.45) is 9.68. The number of hydrogen-bond donors (Lipinski definition) is 2. The molecule has 3 N–H and O–H groups in total. The molecular weight excluding hydrogens is 432 g/mol. The van der Waals surface area contributed by atoms with E-state index in [2.05, 4.69) is 31.0 Å². The largest absolute Gasteiger partial charge is 0.356 e. The lowest BCUT2D eigenvalue weighted by Crippen LogP contribution is -2.41. The van der Waals surface area contributed by atoms with Crippen LogP contribution in [0.25, 0.3) is 0 Å². The number of nitrogens with two attached hydrogens (primary N) is 1. The molecule has 3 rings (SSSR count). The summed E-state index contributed by atoms with van der Waals surface area (Å²) in [4.78, 5) is 15.3. The standard InChI is InChI=1S/C25H36ClF2N3O/c1-25(2,3)31-14-20(19-11-10-18(27)13-22(19)28)21(15-31)24(32)30-12-4-5-23(29)16-6-8-17(26)9-7-16/h6,8,10-11,13,19-23H,4-5,7,9,12,14-15,29H2,1-3H3,(H,30,32)/t19?,20-,21?,22?,23?/m0/s1. The van der Waals surface area contributed by atoms with Gasteiger partial charge in [0.2, 0.25) is 5.91 Å². The minimum Gasteiger partial charge on any atom is -0.356 e. The molecule has 1 fully saturated rings. The van der Waals surface area contributed by atoms with Crippen LogP contribution in [0.1, 0.15) is 46.5 Å². The molecule has 1 amide bonds. The van der Waals surface area contributed by atoms with E-state index in [1.54, 1.807) is 6.08 Å². The number of amides is 1. The van der Waals surface area contributed by atoms with Crippen LogP contribution in [0.4, 0.5) is 8.78 Å². The fourth-order valence-electron chi connectivity index (χ4n) is 4.84. The van der Waals surface area contributed by atoms with Crippen LogP contribution in [0, 0.1) is 17.8 Å². The summed E-state index contributed by atoms with van der Waals surface area (Å²) in [5, 5.41) is 3.90. The Bertz CT molecular complexity index is 814. The van der Waals surface area contributed by atoms with Gasteiger partial charge in [-0.05, 0) is 70.6 Å². The van der Waals surface area contributed by atoms with Crippen LogP contribution >= 0.6 is 11.6 Å². The number of hydrogen-bond acceptors (Lipinski definition) is 3. The number of allylic oxidation sites excluding steroid dienone is 7. The average Bonchev–Trinajstić information content (AvgIpc) is 3.17. The van der Waals surface area contributed by atoms with Crippen molar-refractivity contribution in [1.29, 1.82) is 0 Å². The summed E-state index contributed by atoms with van der Waals surface area (Å²) in [7, 11) is 0. The number of likely N-dealkylation sites (tertiary alicyclic amines) is 1. The van der Waals surface area contributed by atoms with E-state index in [9.17, 15) is 13.6 Å². The van der Waals surface area contributed by atoms with Gasteiger partial charge in [0.25, 0.3) is 0 Å². The molecule has 1 heterocycles. The van der Waals surface area contributed by atoms with Crippen LogP contribution in [0.15, 0.2) is 46.8 Å². The fourth-order valence-corrected chi connectivity index (χ4v) is 5.00. The van der Waals surface area contributed by atoms with Crippen molar-refractivity contribution in [2.45, 2.75) is 64.2 Å². The third-order valence-corrected chi connectivity index (χ3v) is 7.22. The van der Waals surface area contributed by atoms with Crippen molar-refractivity contribution < 1.29 is 13.6 Å². The molecule has 32 heavy (non-hydrogen) atoms. The second-order valence-electron chi connectivity index (χ2n) is 10.2. The molecule has 0 aromatic heterocycles. The van der Waals surface area contributed by atoms with Crippen molar-refractivity contribution in [3.05, 3.63) is 46.8 Å². The third kappa shape index (κ3) is 6.30. The molecule has 1 aliphatic heterocycles. The maximum absolute atomic E-state index is 14.7. The van der Waals surface area contributed by atoms with Crippen LogP contribution in [0.2, 0.25) is 0 Å². The molecule has 0 spiro atoms. The minimum atomic E-state index is -1.41. The van der Waals surface area contributed by atoms with Gasteiger partial charge >= 0.3 is 0 Å². The zero-order chi connectivity index (χ0) is 23.5. The Labute approximate surface area is 195 Å². The van der Waals surface area contributed by atoms with E-state index < -0.39 is 17.9 Å². The van der Waals surface area contributed by atoms with E-state index in [1.165, 1.54) is 11.6 Å². The van der Waals surface area contributed by atoms with Crippen LogP contribution in [0.5, 0.6) is 0 Å². The van der Waals surface area contributed by atoms with E-state index in [-0.39, 0.29) is 29.3 Å². The highest BCUT2D eigenvalue weighted by Crippen LogP contribution is 2.39. The monoisotopic (exact) mass is 467 g/mol. The maximum Gasteiger partial charge on any atom is 0.224 e. The van der Waals surface area contributed by atoms with Crippen molar-refractivity contribution in [1.82, 2.24) is 10.2 Å². The van der Waals surface area contributed by atoms with Gasteiger partial charge in [0, 0.05) is 42.2 Å². The first kappa shape index (κ1) is 25.1. The number of rotatable bonds is 7. The van der Waals surface area contributed by atoms with Gasteiger partial charge in [-0.2, -0.15) is 0 Å². The van der Waals surface area contributed by atoms with E-state index in [4.69, 9.17) is 17.3 Å². The smallest absolute Gasteiger partial charge is 0.224 e. The summed E-state index contributed by atoms with van der Waals surface area (Å²) < 4.78 is 28.1. The van der Waals surface area contributed by atoms with Crippen molar-refractivity contribution in [2.75, 3.05) is 19.6 Å². The van der Waals surface area contributed by atoms with E-state index in [0.29, 0.717) is 19.6 Å². The lowest BCUT2D eigenvalue weighted by Gasteiger charge is -2.32. The van der Waals surface area contributed by atoms with Crippen molar-refractivity contribution in [3.63, 3.8) is 0 Å². The Balaban J connectivity index is 1.56. The van der Waals surface area contributed by atoms with Gasteiger partial charge in [-0.25, -0.2) is 8.78 Å². The number of nitrogens with one attached hydrogen (secondary N) is 1. The molecule has 7 heteroatoms. The molecule has 1 saturated heterocycles. The van der Waals surface area contributed by atoms with Crippen molar-refractivity contribution >= 4 is 17.5 Å². The molecule has 0 bridgehead atoms. The molecule has 0 radical (unpaired) electrons. The number of halogens is 3. The van der Waals surface area contributed by atoms with E-state index >= 15 is 0 Å². The van der Waals surface area contributed by atoms with Gasteiger partial charge in [-0.1, -0.05) is 29.3 Å². The first-order valence-electron chi connectivity index (χ1n) is 11.6. The second-order valence-corrected chi connectivity index (χ2v) is 10.7. The van der Waals surface area contributed by atoms with Crippen molar-refractivity contribution in [3.8, 4) is 0 Å². The molecule has 178 valence electrons. The molecule has 4 nitrogen and oxygen atoms in total. The zero-order valence-corrected chi connectivity index (χ0v) is 20.0. The Kier molecular flexibility index (Phi) is 8.34. The lowest BCUT2D eigenvalue weighted by atomic mass is 9.79. The van der Waals surface area contributed by atoms with Crippen LogP contribution in [0.3, 0.4) is 0 Å².